The highest BCUT2D eigenvalue weighted by Crippen LogP contribution is 2.31. The minimum Gasteiger partial charge on any atom is -0.491 e. The van der Waals surface area contributed by atoms with Crippen molar-refractivity contribution < 1.29 is 19.0 Å². The topological polar surface area (TPSA) is 56.8 Å². The number of ether oxygens (including phenoxy) is 3. The van der Waals surface area contributed by atoms with Gasteiger partial charge in [-0.05, 0) is 101 Å². The lowest BCUT2D eigenvalue weighted by atomic mass is 9.83. The molecule has 34 heavy (non-hydrogen) atoms. The van der Waals surface area contributed by atoms with E-state index < -0.39 is 0 Å². The lowest BCUT2D eigenvalue weighted by Crippen LogP contribution is -2.33. The molecule has 184 valence electrons. The molecule has 5 heteroatoms. The van der Waals surface area contributed by atoms with Gasteiger partial charge in [0.15, 0.2) is 0 Å². The van der Waals surface area contributed by atoms with Crippen molar-refractivity contribution in [1.29, 1.82) is 0 Å². The minimum absolute atomic E-state index is 0.0162. The maximum Gasteiger partial charge on any atom is 0.225 e. The summed E-state index contributed by atoms with van der Waals surface area (Å²) in [5.41, 5.74) is 2.45. The summed E-state index contributed by atoms with van der Waals surface area (Å²) in [6, 6.07) is 16.7. The smallest absolute Gasteiger partial charge is 0.225 e. The molecule has 1 aliphatic carbocycles. The standard InChI is InChI=1S/C29H39NO4/c1-20(2)33-28-6-4-5-23(18-28)17-22-7-11-26(12-8-22)34-27-13-9-24(10-14-27)21(3)30-29(31)25-15-16-32-19-25/h4-6,9-10,13-14,18,20-22,25-26H,7-8,11-12,15-17,19H2,1-3H3,(H,30,31). The van der Waals surface area contributed by atoms with Crippen molar-refractivity contribution in [2.75, 3.05) is 13.2 Å². The average molecular weight is 466 g/mol. The van der Waals surface area contributed by atoms with E-state index in [0.29, 0.717) is 19.1 Å². The van der Waals surface area contributed by atoms with Gasteiger partial charge >= 0.3 is 0 Å². The highest BCUT2D eigenvalue weighted by molar-refractivity contribution is 5.79. The summed E-state index contributed by atoms with van der Waals surface area (Å²) in [5.74, 6) is 2.65. The SMILES string of the molecule is CC(C)Oc1cccc(CC2CCC(Oc3ccc(C(C)NC(=O)C4CCOC4)cc3)CC2)c1. The van der Waals surface area contributed by atoms with Gasteiger partial charge in [0.25, 0.3) is 0 Å². The Kier molecular flexibility index (Phi) is 8.49. The highest BCUT2D eigenvalue weighted by atomic mass is 16.5. The van der Waals surface area contributed by atoms with Gasteiger partial charge < -0.3 is 19.5 Å². The van der Waals surface area contributed by atoms with Gasteiger partial charge in [0, 0.05) is 6.61 Å². The van der Waals surface area contributed by atoms with Crippen LogP contribution in [0, 0.1) is 11.8 Å². The Bertz CT molecular complexity index is 912. The molecule has 1 aliphatic heterocycles. The quantitative estimate of drug-likeness (QED) is 0.503. The van der Waals surface area contributed by atoms with Crippen molar-refractivity contribution in [3.05, 3.63) is 59.7 Å². The second kappa shape index (κ2) is 11.7. The van der Waals surface area contributed by atoms with E-state index in [4.69, 9.17) is 14.2 Å². The predicted octanol–water partition coefficient (Wildman–Crippen LogP) is 5.87. The van der Waals surface area contributed by atoms with Crippen LogP contribution in [-0.4, -0.2) is 31.3 Å². The monoisotopic (exact) mass is 465 g/mol. The Hall–Kier alpha value is -2.53. The molecule has 0 spiro atoms. The van der Waals surface area contributed by atoms with Crippen LogP contribution in [0.5, 0.6) is 11.5 Å². The van der Waals surface area contributed by atoms with E-state index >= 15 is 0 Å². The lowest BCUT2D eigenvalue weighted by molar-refractivity contribution is -0.125. The molecule has 0 bridgehead atoms. The van der Waals surface area contributed by atoms with Crippen molar-refractivity contribution in [3.63, 3.8) is 0 Å². The predicted molar refractivity (Wildman–Crippen MR) is 134 cm³/mol. The zero-order valence-corrected chi connectivity index (χ0v) is 20.8. The number of rotatable bonds is 9. The Morgan fingerprint density at radius 2 is 1.76 bits per heavy atom. The van der Waals surface area contributed by atoms with Gasteiger partial charge in [0.05, 0.1) is 30.8 Å². The molecule has 2 aromatic carbocycles. The van der Waals surface area contributed by atoms with E-state index in [-0.39, 0.29) is 30.1 Å². The molecular weight excluding hydrogens is 426 g/mol. The Morgan fingerprint density at radius 1 is 1.00 bits per heavy atom. The normalized spacial score (nSPS) is 23.5. The average Bonchev–Trinajstić information content (AvgIpc) is 3.36. The Morgan fingerprint density at radius 3 is 2.44 bits per heavy atom. The van der Waals surface area contributed by atoms with E-state index in [0.717, 1.165) is 42.7 Å². The third kappa shape index (κ3) is 6.99. The number of hydrogen-bond acceptors (Lipinski definition) is 4. The van der Waals surface area contributed by atoms with E-state index in [1.54, 1.807) is 0 Å². The molecule has 1 saturated heterocycles. The zero-order valence-electron chi connectivity index (χ0n) is 20.8. The molecule has 2 atom stereocenters. The minimum atomic E-state index is -0.0259. The molecule has 1 amide bonds. The first-order valence-electron chi connectivity index (χ1n) is 12.9. The van der Waals surface area contributed by atoms with Crippen LogP contribution in [0.3, 0.4) is 0 Å². The number of amides is 1. The summed E-state index contributed by atoms with van der Waals surface area (Å²) in [6.45, 7) is 7.36. The molecule has 2 fully saturated rings. The summed E-state index contributed by atoms with van der Waals surface area (Å²) in [4.78, 5) is 12.3. The van der Waals surface area contributed by atoms with Crippen LogP contribution in [0.4, 0.5) is 0 Å². The van der Waals surface area contributed by atoms with Crippen LogP contribution in [0.25, 0.3) is 0 Å². The molecule has 0 aromatic heterocycles. The first-order valence-corrected chi connectivity index (χ1v) is 12.9. The maximum absolute atomic E-state index is 12.3. The number of carbonyl (C=O) groups excluding carboxylic acids is 1. The molecule has 1 N–H and O–H groups in total. The van der Waals surface area contributed by atoms with Gasteiger partial charge in [-0.15, -0.1) is 0 Å². The molecule has 1 saturated carbocycles. The van der Waals surface area contributed by atoms with Gasteiger partial charge in [-0.3, -0.25) is 4.79 Å². The highest BCUT2D eigenvalue weighted by Gasteiger charge is 2.25. The first kappa shape index (κ1) is 24.6. The van der Waals surface area contributed by atoms with Crippen LogP contribution >= 0.6 is 0 Å². The van der Waals surface area contributed by atoms with Crippen LogP contribution in [0.2, 0.25) is 0 Å². The Labute approximate surface area is 204 Å². The largest absolute Gasteiger partial charge is 0.491 e. The van der Waals surface area contributed by atoms with Crippen LogP contribution < -0.4 is 14.8 Å². The number of benzene rings is 2. The van der Waals surface area contributed by atoms with E-state index in [2.05, 4.69) is 49.5 Å². The van der Waals surface area contributed by atoms with Gasteiger partial charge in [-0.2, -0.15) is 0 Å². The van der Waals surface area contributed by atoms with E-state index in [1.807, 2.05) is 25.1 Å². The molecule has 2 aliphatic rings. The fourth-order valence-corrected chi connectivity index (χ4v) is 4.99. The van der Waals surface area contributed by atoms with Crippen LogP contribution in [-0.2, 0) is 16.0 Å². The van der Waals surface area contributed by atoms with Gasteiger partial charge in [0.2, 0.25) is 5.91 Å². The van der Waals surface area contributed by atoms with Gasteiger partial charge in [-0.1, -0.05) is 24.3 Å². The van der Waals surface area contributed by atoms with Crippen LogP contribution in [0.1, 0.15) is 70.0 Å². The summed E-state index contributed by atoms with van der Waals surface area (Å²) < 4.78 is 17.5. The third-order valence-corrected chi connectivity index (χ3v) is 6.93. The van der Waals surface area contributed by atoms with E-state index in [9.17, 15) is 4.79 Å². The van der Waals surface area contributed by atoms with Gasteiger partial charge in [-0.25, -0.2) is 0 Å². The zero-order chi connectivity index (χ0) is 23.9. The summed E-state index contributed by atoms with van der Waals surface area (Å²) in [6.07, 6.45) is 6.94. The second-order valence-corrected chi connectivity index (χ2v) is 10.1. The molecular formula is C29H39NO4. The molecule has 1 heterocycles. The fraction of sp³-hybridized carbons (Fsp3) is 0.552. The number of carbonyl (C=O) groups is 1. The van der Waals surface area contributed by atoms with Crippen LogP contribution in [0.15, 0.2) is 48.5 Å². The van der Waals surface area contributed by atoms with Crippen molar-refractivity contribution >= 4 is 5.91 Å². The maximum atomic E-state index is 12.3. The number of hydrogen-bond donors (Lipinski definition) is 1. The molecule has 5 nitrogen and oxygen atoms in total. The summed E-state index contributed by atoms with van der Waals surface area (Å²) in [5, 5.41) is 3.11. The first-order chi connectivity index (χ1) is 16.5. The van der Waals surface area contributed by atoms with Crippen molar-refractivity contribution in [1.82, 2.24) is 5.32 Å². The second-order valence-electron chi connectivity index (χ2n) is 10.1. The third-order valence-electron chi connectivity index (χ3n) is 6.93. The van der Waals surface area contributed by atoms with Crippen molar-refractivity contribution in [2.45, 2.75) is 77.5 Å². The lowest BCUT2D eigenvalue weighted by Gasteiger charge is -2.29. The van der Waals surface area contributed by atoms with Gasteiger partial charge in [0.1, 0.15) is 11.5 Å². The number of nitrogens with one attached hydrogen (secondary N) is 1. The summed E-state index contributed by atoms with van der Waals surface area (Å²) >= 11 is 0. The summed E-state index contributed by atoms with van der Waals surface area (Å²) in [7, 11) is 0. The molecule has 2 aromatic rings. The fourth-order valence-electron chi connectivity index (χ4n) is 4.99. The van der Waals surface area contributed by atoms with Crippen molar-refractivity contribution in [2.24, 2.45) is 11.8 Å². The molecule has 2 unspecified atom stereocenters. The van der Waals surface area contributed by atoms with E-state index in [1.165, 1.54) is 18.4 Å². The molecule has 0 radical (unpaired) electrons. The molecule has 4 rings (SSSR count). The Balaban J connectivity index is 1.21. The van der Waals surface area contributed by atoms with Crippen molar-refractivity contribution in [3.8, 4) is 11.5 Å².